The minimum atomic E-state index is -1.11. The summed E-state index contributed by atoms with van der Waals surface area (Å²) < 4.78 is 0. The van der Waals surface area contributed by atoms with Crippen molar-refractivity contribution in [2.45, 2.75) is 71.9 Å². The van der Waals surface area contributed by atoms with Crippen molar-refractivity contribution in [1.29, 1.82) is 0 Å². The lowest BCUT2D eigenvalue weighted by atomic mass is 9.76. The van der Waals surface area contributed by atoms with E-state index in [9.17, 15) is 14.7 Å². The average Bonchev–Trinajstić information content (AvgIpc) is 2.71. The Bertz CT molecular complexity index is 444. The molecule has 2 atom stereocenters. The van der Waals surface area contributed by atoms with Crippen molar-refractivity contribution in [2.75, 3.05) is 0 Å². The molecule has 2 amide bonds. The van der Waals surface area contributed by atoms with Crippen molar-refractivity contribution >= 4 is 12.0 Å². The third kappa shape index (κ3) is 2.62. The maximum Gasteiger partial charge on any atom is 0.329 e. The minimum Gasteiger partial charge on any atom is -0.480 e. The normalized spacial score (nSPS) is 34.0. The first-order valence-electron chi connectivity index (χ1n) is 7.85. The molecule has 5 heteroatoms. The van der Waals surface area contributed by atoms with Gasteiger partial charge < -0.3 is 15.7 Å². The van der Waals surface area contributed by atoms with Crippen LogP contribution in [0.25, 0.3) is 0 Å². The third-order valence-corrected chi connectivity index (χ3v) is 6.06. The molecule has 21 heavy (non-hydrogen) atoms. The SMILES string of the molecule is CC1CCCC(NC(=O)NC2C(C)(C)C2(C)C)(C(=O)O)C1. The lowest BCUT2D eigenvalue weighted by molar-refractivity contribution is -0.146. The van der Waals surface area contributed by atoms with Gasteiger partial charge in [0.1, 0.15) is 5.54 Å². The number of carboxylic acid groups (broad SMARTS) is 1. The maximum absolute atomic E-state index is 12.3. The van der Waals surface area contributed by atoms with Crippen LogP contribution in [0.2, 0.25) is 0 Å². The fourth-order valence-electron chi connectivity index (χ4n) is 3.85. The van der Waals surface area contributed by atoms with E-state index in [-0.39, 0.29) is 22.9 Å². The minimum absolute atomic E-state index is 0.0422. The second kappa shape index (κ2) is 4.89. The molecule has 2 unspecified atom stereocenters. The lowest BCUT2D eigenvalue weighted by Gasteiger charge is -2.37. The summed E-state index contributed by atoms with van der Waals surface area (Å²) in [6.45, 7) is 10.5. The van der Waals surface area contributed by atoms with Gasteiger partial charge in [-0.15, -0.1) is 0 Å². The number of hydrogen-bond acceptors (Lipinski definition) is 2. The van der Waals surface area contributed by atoms with Crippen LogP contribution < -0.4 is 10.6 Å². The fraction of sp³-hybridized carbons (Fsp3) is 0.875. The molecule has 0 heterocycles. The molecule has 3 N–H and O–H groups in total. The van der Waals surface area contributed by atoms with Crippen LogP contribution in [0.5, 0.6) is 0 Å². The number of carbonyl (C=O) groups is 2. The Balaban J connectivity index is 2.02. The Morgan fingerprint density at radius 3 is 2.14 bits per heavy atom. The smallest absolute Gasteiger partial charge is 0.329 e. The molecule has 0 bridgehead atoms. The highest BCUT2D eigenvalue weighted by Gasteiger charge is 2.65. The molecule has 2 rings (SSSR count). The van der Waals surface area contributed by atoms with E-state index in [1.54, 1.807) is 0 Å². The summed E-state index contributed by atoms with van der Waals surface area (Å²) in [4.78, 5) is 23.9. The monoisotopic (exact) mass is 296 g/mol. The Labute approximate surface area is 126 Å². The van der Waals surface area contributed by atoms with Gasteiger partial charge in [-0.25, -0.2) is 9.59 Å². The highest BCUT2D eigenvalue weighted by molar-refractivity contribution is 5.86. The van der Waals surface area contributed by atoms with E-state index >= 15 is 0 Å². The quantitative estimate of drug-likeness (QED) is 0.749. The van der Waals surface area contributed by atoms with Gasteiger partial charge in [-0.2, -0.15) is 0 Å². The van der Waals surface area contributed by atoms with E-state index in [4.69, 9.17) is 0 Å². The highest BCUT2D eigenvalue weighted by atomic mass is 16.4. The molecule has 2 saturated carbocycles. The van der Waals surface area contributed by atoms with Crippen LogP contribution in [0.1, 0.15) is 60.3 Å². The second-order valence-electron chi connectivity index (χ2n) is 8.06. The topological polar surface area (TPSA) is 78.4 Å². The zero-order valence-corrected chi connectivity index (χ0v) is 13.7. The maximum atomic E-state index is 12.3. The molecule has 0 aromatic heterocycles. The lowest BCUT2D eigenvalue weighted by Crippen LogP contribution is -2.59. The average molecular weight is 296 g/mol. The van der Waals surface area contributed by atoms with Gasteiger partial charge in [-0.05, 0) is 29.6 Å². The van der Waals surface area contributed by atoms with E-state index < -0.39 is 11.5 Å². The largest absolute Gasteiger partial charge is 0.480 e. The number of aliphatic carboxylic acids is 1. The first kappa shape index (κ1) is 16.1. The summed E-state index contributed by atoms with van der Waals surface area (Å²) >= 11 is 0. The summed E-state index contributed by atoms with van der Waals surface area (Å²) in [6, 6.07) is -0.271. The molecule has 0 aromatic carbocycles. The Kier molecular flexibility index (Phi) is 3.75. The highest BCUT2D eigenvalue weighted by Crippen LogP contribution is 2.62. The van der Waals surface area contributed by atoms with Crippen LogP contribution in [0.15, 0.2) is 0 Å². The number of nitrogens with one attached hydrogen (secondary N) is 2. The molecule has 2 aliphatic rings. The number of amides is 2. The predicted molar refractivity (Wildman–Crippen MR) is 81.0 cm³/mol. The van der Waals surface area contributed by atoms with Gasteiger partial charge in [-0.1, -0.05) is 47.5 Å². The molecule has 120 valence electrons. The van der Waals surface area contributed by atoms with Gasteiger partial charge in [0.25, 0.3) is 0 Å². The van der Waals surface area contributed by atoms with Crippen molar-refractivity contribution < 1.29 is 14.7 Å². The van der Waals surface area contributed by atoms with Crippen molar-refractivity contribution in [3.63, 3.8) is 0 Å². The van der Waals surface area contributed by atoms with Gasteiger partial charge in [0.15, 0.2) is 0 Å². The molecule has 0 spiro atoms. The Hall–Kier alpha value is -1.26. The van der Waals surface area contributed by atoms with E-state index in [1.165, 1.54) is 0 Å². The molecule has 2 fully saturated rings. The molecule has 0 aliphatic heterocycles. The van der Waals surface area contributed by atoms with Gasteiger partial charge in [0, 0.05) is 6.04 Å². The van der Waals surface area contributed by atoms with Gasteiger partial charge in [-0.3, -0.25) is 0 Å². The molecular formula is C16H28N2O3. The summed E-state index contributed by atoms with van der Waals surface area (Å²) in [5.74, 6) is -0.595. The number of urea groups is 1. The van der Waals surface area contributed by atoms with E-state index in [1.807, 2.05) is 6.92 Å². The molecule has 5 nitrogen and oxygen atoms in total. The molecule has 0 radical (unpaired) electrons. The van der Waals surface area contributed by atoms with E-state index in [0.717, 1.165) is 12.8 Å². The summed E-state index contributed by atoms with van der Waals surface area (Å²) in [6.07, 6.45) is 2.89. The number of rotatable bonds is 3. The van der Waals surface area contributed by atoms with Gasteiger partial charge >= 0.3 is 12.0 Å². The van der Waals surface area contributed by atoms with Crippen molar-refractivity contribution in [3.8, 4) is 0 Å². The third-order valence-electron chi connectivity index (χ3n) is 6.06. The molecular weight excluding hydrogens is 268 g/mol. The summed E-state index contributed by atoms with van der Waals surface area (Å²) in [7, 11) is 0. The molecule has 0 aromatic rings. The zero-order chi connectivity index (χ0) is 16.1. The number of carbonyl (C=O) groups excluding carboxylic acids is 1. The Morgan fingerprint density at radius 2 is 1.71 bits per heavy atom. The molecule has 2 aliphatic carbocycles. The first-order chi connectivity index (χ1) is 9.53. The zero-order valence-electron chi connectivity index (χ0n) is 13.7. The Morgan fingerprint density at radius 1 is 1.14 bits per heavy atom. The van der Waals surface area contributed by atoms with E-state index in [0.29, 0.717) is 18.8 Å². The van der Waals surface area contributed by atoms with Crippen molar-refractivity contribution in [3.05, 3.63) is 0 Å². The molecule has 0 saturated heterocycles. The van der Waals surface area contributed by atoms with Crippen LogP contribution in [-0.4, -0.2) is 28.7 Å². The van der Waals surface area contributed by atoms with Crippen LogP contribution in [0.4, 0.5) is 4.79 Å². The first-order valence-corrected chi connectivity index (χ1v) is 7.85. The number of carboxylic acids is 1. The van der Waals surface area contributed by atoms with Crippen LogP contribution in [-0.2, 0) is 4.79 Å². The van der Waals surface area contributed by atoms with Crippen LogP contribution in [0.3, 0.4) is 0 Å². The predicted octanol–water partition coefficient (Wildman–Crippen LogP) is 2.75. The van der Waals surface area contributed by atoms with Gasteiger partial charge in [0.05, 0.1) is 0 Å². The second-order valence-corrected chi connectivity index (χ2v) is 8.06. The summed E-state index contributed by atoms with van der Waals surface area (Å²) in [5.41, 5.74) is -1.02. The van der Waals surface area contributed by atoms with E-state index in [2.05, 4.69) is 38.3 Å². The van der Waals surface area contributed by atoms with Crippen LogP contribution in [0, 0.1) is 16.7 Å². The van der Waals surface area contributed by atoms with Crippen molar-refractivity contribution in [1.82, 2.24) is 10.6 Å². The standard InChI is InChI=1S/C16H28N2O3/c1-10-7-6-8-16(9-10,12(19)20)18-13(21)17-11-14(2,3)15(11,4)5/h10-11H,6-9H2,1-5H3,(H,19,20)(H2,17,18,21). The number of hydrogen-bond donors (Lipinski definition) is 3. The van der Waals surface area contributed by atoms with Crippen LogP contribution >= 0.6 is 0 Å². The van der Waals surface area contributed by atoms with Crippen molar-refractivity contribution in [2.24, 2.45) is 16.7 Å². The summed E-state index contributed by atoms with van der Waals surface area (Å²) in [5, 5.41) is 15.3. The van der Waals surface area contributed by atoms with Gasteiger partial charge in [0.2, 0.25) is 0 Å². The fourth-order valence-corrected chi connectivity index (χ4v) is 3.85.